The fraction of sp³-hybridized carbons (Fsp3) is 0.833. The summed E-state index contributed by atoms with van der Waals surface area (Å²) in [5.74, 6) is 0.617. The smallest absolute Gasteiger partial charge is 0.225 e. The van der Waals surface area contributed by atoms with Crippen molar-refractivity contribution >= 4 is 11.8 Å². The van der Waals surface area contributed by atoms with Crippen LogP contribution in [-0.2, 0) is 9.59 Å². The molecule has 1 saturated carbocycles. The van der Waals surface area contributed by atoms with Crippen molar-refractivity contribution in [1.82, 2.24) is 4.90 Å². The highest BCUT2D eigenvalue weighted by atomic mass is 16.2. The number of amides is 2. The Hall–Kier alpha value is -1.06. The quantitative estimate of drug-likeness (QED) is 0.774. The van der Waals surface area contributed by atoms with Gasteiger partial charge in [0.25, 0.3) is 0 Å². The molecular formula is C12H20N2O2. The van der Waals surface area contributed by atoms with Gasteiger partial charge in [0, 0.05) is 25.4 Å². The molecule has 0 aromatic heterocycles. The molecule has 4 nitrogen and oxygen atoms in total. The summed E-state index contributed by atoms with van der Waals surface area (Å²) in [5, 5.41) is 0. The Bertz CT molecular complexity index is 287. The lowest BCUT2D eigenvalue weighted by molar-refractivity contribution is -0.140. The molecule has 16 heavy (non-hydrogen) atoms. The summed E-state index contributed by atoms with van der Waals surface area (Å²) in [6, 6.07) is 0. The van der Waals surface area contributed by atoms with E-state index >= 15 is 0 Å². The zero-order chi connectivity index (χ0) is 11.5. The maximum Gasteiger partial charge on any atom is 0.225 e. The van der Waals surface area contributed by atoms with Gasteiger partial charge in [0.1, 0.15) is 0 Å². The number of likely N-dealkylation sites (tertiary alicyclic amines) is 1. The van der Waals surface area contributed by atoms with E-state index in [1.807, 2.05) is 4.90 Å². The van der Waals surface area contributed by atoms with Gasteiger partial charge in [0.15, 0.2) is 0 Å². The van der Waals surface area contributed by atoms with Crippen LogP contribution in [0.2, 0.25) is 0 Å². The third-order valence-electron chi connectivity index (χ3n) is 3.77. The number of carbonyl (C=O) groups is 2. The molecule has 0 unspecified atom stereocenters. The molecule has 2 aliphatic rings. The van der Waals surface area contributed by atoms with Gasteiger partial charge in [-0.25, -0.2) is 0 Å². The molecule has 2 N–H and O–H groups in total. The van der Waals surface area contributed by atoms with Crippen LogP contribution in [0.5, 0.6) is 0 Å². The van der Waals surface area contributed by atoms with E-state index in [2.05, 4.69) is 0 Å². The number of rotatable bonds is 3. The second-order valence-electron chi connectivity index (χ2n) is 5.09. The van der Waals surface area contributed by atoms with Gasteiger partial charge in [-0.1, -0.05) is 6.42 Å². The highest BCUT2D eigenvalue weighted by molar-refractivity contribution is 5.80. The van der Waals surface area contributed by atoms with E-state index in [4.69, 9.17) is 5.73 Å². The van der Waals surface area contributed by atoms with Crippen LogP contribution in [0.1, 0.15) is 38.5 Å². The third-order valence-corrected chi connectivity index (χ3v) is 3.77. The van der Waals surface area contributed by atoms with Crippen molar-refractivity contribution in [3.05, 3.63) is 0 Å². The minimum absolute atomic E-state index is 0.247. The molecule has 4 heteroatoms. The Morgan fingerprint density at radius 2 is 1.94 bits per heavy atom. The van der Waals surface area contributed by atoms with E-state index in [-0.39, 0.29) is 17.7 Å². The molecule has 2 rings (SSSR count). The molecule has 1 aliphatic heterocycles. The van der Waals surface area contributed by atoms with E-state index < -0.39 is 0 Å². The molecule has 0 radical (unpaired) electrons. The second-order valence-corrected chi connectivity index (χ2v) is 5.09. The van der Waals surface area contributed by atoms with Crippen LogP contribution < -0.4 is 5.73 Å². The molecule has 2 amide bonds. The number of piperidine rings is 1. The van der Waals surface area contributed by atoms with E-state index in [0.717, 1.165) is 38.8 Å². The molecule has 0 aromatic carbocycles. The summed E-state index contributed by atoms with van der Waals surface area (Å²) in [6.45, 7) is 1.60. The molecule has 1 aliphatic carbocycles. The molecule has 0 aromatic rings. The fourth-order valence-corrected chi connectivity index (χ4v) is 2.63. The number of primary amides is 1. The van der Waals surface area contributed by atoms with Gasteiger partial charge in [-0.15, -0.1) is 0 Å². The molecule has 1 atom stereocenters. The summed E-state index contributed by atoms with van der Waals surface area (Å²) >= 11 is 0. The predicted octanol–water partition coefficient (Wildman–Crippen LogP) is 0.900. The van der Waals surface area contributed by atoms with E-state index in [9.17, 15) is 9.59 Å². The number of carbonyl (C=O) groups excluding carboxylic acids is 2. The van der Waals surface area contributed by atoms with Crippen molar-refractivity contribution in [3.63, 3.8) is 0 Å². The van der Waals surface area contributed by atoms with E-state index in [0.29, 0.717) is 12.3 Å². The zero-order valence-corrected chi connectivity index (χ0v) is 9.65. The minimum Gasteiger partial charge on any atom is -0.370 e. The molecule has 0 spiro atoms. The summed E-state index contributed by atoms with van der Waals surface area (Å²) in [4.78, 5) is 24.8. The standard InChI is InChI=1S/C12H20N2O2/c13-11(15)7-9-3-2-6-14(8-9)12(16)10-4-1-5-10/h9-10H,1-8H2,(H2,13,15)/t9-/m1/s1. The normalized spacial score (nSPS) is 26.2. The first kappa shape index (κ1) is 11.4. The van der Waals surface area contributed by atoms with E-state index in [1.54, 1.807) is 0 Å². The minimum atomic E-state index is -0.247. The predicted molar refractivity (Wildman–Crippen MR) is 60.5 cm³/mol. The first-order chi connectivity index (χ1) is 7.66. The lowest BCUT2D eigenvalue weighted by atomic mass is 9.83. The summed E-state index contributed by atoms with van der Waals surface area (Å²) in [7, 11) is 0. The molecule has 0 bridgehead atoms. The topological polar surface area (TPSA) is 63.4 Å². The number of hydrogen-bond acceptors (Lipinski definition) is 2. The zero-order valence-electron chi connectivity index (χ0n) is 9.65. The second kappa shape index (κ2) is 4.85. The number of nitrogens with two attached hydrogens (primary N) is 1. The maximum atomic E-state index is 12.0. The number of hydrogen-bond donors (Lipinski definition) is 1. The Labute approximate surface area is 96.2 Å². The Balaban J connectivity index is 1.85. The van der Waals surface area contributed by atoms with Crippen molar-refractivity contribution in [2.45, 2.75) is 38.5 Å². The Morgan fingerprint density at radius 3 is 2.50 bits per heavy atom. The Morgan fingerprint density at radius 1 is 1.19 bits per heavy atom. The van der Waals surface area contributed by atoms with Gasteiger partial charge in [-0.2, -0.15) is 0 Å². The highest BCUT2D eigenvalue weighted by Crippen LogP contribution is 2.30. The fourth-order valence-electron chi connectivity index (χ4n) is 2.63. The largest absolute Gasteiger partial charge is 0.370 e. The van der Waals surface area contributed by atoms with Crippen LogP contribution in [-0.4, -0.2) is 29.8 Å². The van der Waals surface area contributed by atoms with Gasteiger partial charge >= 0.3 is 0 Å². The highest BCUT2D eigenvalue weighted by Gasteiger charge is 2.32. The third kappa shape index (κ3) is 2.54. The molecular weight excluding hydrogens is 204 g/mol. The molecule has 1 saturated heterocycles. The van der Waals surface area contributed by atoms with Crippen LogP contribution in [0.25, 0.3) is 0 Å². The monoisotopic (exact) mass is 224 g/mol. The van der Waals surface area contributed by atoms with Gasteiger partial charge in [0.2, 0.25) is 11.8 Å². The van der Waals surface area contributed by atoms with Crippen LogP contribution in [0.3, 0.4) is 0 Å². The van der Waals surface area contributed by atoms with Gasteiger partial charge in [-0.05, 0) is 31.6 Å². The number of nitrogens with zero attached hydrogens (tertiary/aromatic N) is 1. The van der Waals surface area contributed by atoms with E-state index in [1.165, 1.54) is 6.42 Å². The van der Waals surface area contributed by atoms with Crippen LogP contribution in [0.4, 0.5) is 0 Å². The lowest BCUT2D eigenvalue weighted by Gasteiger charge is -2.37. The van der Waals surface area contributed by atoms with Gasteiger partial charge in [-0.3, -0.25) is 9.59 Å². The van der Waals surface area contributed by atoms with Crippen molar-refractivity contribution in [2.75, 3.05) is 13.1 Å². The maximum absolute atomic E-state index is 12.0. The van der Waals surface area contributed by atoms with Crippen molar-refractivity contribution in [1.29, 1.82) is 0 Å². The lowest BCUT2D eigenvalue weighted by Crippen LogP contribution is -2.45. The first-order valence-electron chi connectivity index (χ1n) is 6.24. The molecule has 1 heterocycles. The average molecular weight is 224 g/mol. The Kier molecular flexibility index (Phi) is 3.46. The SMILES string of the molecule is NC(=O)C[C@H]1CCCN(C(=O)C2CCC2)C1. The summed E-state index contributed by atoms with van der Waals surface area (Å²) in [5.41, 5.74) is 5.20. The van der Waals surface area contributed by atoms with Crippen LogP contribution in [0, 0.1) is 11.8 Å². The van der Waals surface area contributed by atoms with Crippen LogP contribution in [0.15, 0.2) is 0 Å². The molecule has 2 fully saturated rings. The first-order valence-corrected chi connectivity index (χ1v) is 6.24. The van der Waals surface area contributed by atoms with Crippen LogP contribution >= 0.6 is 0 Å². The summed E-state index contributed by atoms with van der Waals surface area (Å²) < 4.78 is 0. The molecule has 90 valence electrons. The van der Waals surface area contributed by atoms with Crippen molar-refractivity contribution in [2.24, 2.45) is 17.6 Å². The van der Waals surface area contributed by atoms with Crippen molar-refractivity contribution in [3.8, 4) is 0 Å². The van der Waals surface area contributed by atoms with Gasteiger partial charge in [0.05, 0.1) is 0 Å². The summed E-state index contributed by atoms with van der Waals surface area (Å²) in [6.07, 6.45) is 5.75. The average Bonchev–Trinajstić information content (AvgIpc) is 2.14. The van der Waals surface area contributed by atoms with Gasteiger partial charge < -0.3 is 10.6 Å². The van der Waals surface area contributed by atoms with Crippen molar-refractivity contribution < 1.29 is 9.59 Å².